The SMILES string of the molecule is CCC1(C(=O)N[C@H](C)C(F)(F)F)CCN(c2ccc(-c3cc(-c4cnn(C5CCN(C(=O)CN6CCC(c7ccc(NC8CCC(=O)NC8=O)cc7F)CC6)CC5)c4)cn4ncc(C#N)c34)cn2)CC1. The van der Waals surface area contributed by atoms with E-state index in [1.54, 1.807) is 29.0 Å². The number of fused-ring (bicyclic) bond motifs is 1. The third-order valence-electron chi connectivity index (χ3n) is 14.9. The topological polar surface area (TPSA) is 186 Å². The summed E-state index contributed by atoms with van der Waals surface area (Å²) in [7, 11) is 0. The van der Waals surface area contributed by atoms with E-state index in [-0.39, 0.29) is 36.0 Å². The quantitative estimate of drug-likeness (QED) is 0.0905. The van der Waals surface area contributed by atoms with E-state index in [1.807, 2.05) is 52.0 Å². The first-order valence-corrected chi connectivity index (χ1v) is 24.1. The number of nitrogens with zero attached hydrogens (tertiary/aromatic N) is 9. The number of benzene rings is 1. The zero-order valence-electron chi connectivity index (χ0n) is 39.1. The number of nitriles is 1. The fraction of sp³-hybridized carbons (Fsp3) is 0.480. The number of piperidine rings is 4. The Bertz CT molecular complexity index is 2800. The first kappa shape index (κ1) is 48.2. The molecule has 5 aromatic rings. The monoisotopic (exact) mass is 964 g/mol. The highest BCUT2D eigenvalue weighted by molar-refractivity contribution is 6.01. The van der Waals surface area contributed by atoms with Gasteiger partial charge < -0.3 is 20.4 Å². The summed E-state index contributed by atoms with van der Waals surface area (Å²) in [6, 6.07) is 10.5. The Morgan fingerprint density at radius 2 is 1.67 bits per heavy atom. The molecule has 368 valence electrons. The van der Waals surface area contributed by atoms with Crippen LogP contribution in [0.25, 0.3) is 27.8 Å². The molecule has 1 unspecified atom stereocenters. The maximum Gasteiger partial charge on any atom is 0.408 e. The van der Waals surface area contributed by atoms with Gasteiger partial charge in [-0.05, 0) is 113 Å². The largest absolute Gasteiger partial charge is 0.408 e. The van der Waals surface area contributed by atoms with Gasteiger partial charge in [0, 0.05) is 79.1 Å². The minimum atomic E-state index is -4.52. The molecule has 9 rings (SSSR count). The van der Waals surface area contributed by atoms with Crippen LogP contribution in [0.2, 0.25) is 0 Å². The number of anilines is 2. The van der Waals surface area contributed by atoms with E-state index < -0.39 is 35.5 Å². The Hall–Kier alpha value is -6.88. The Balaban J connectivity index is 0.787. The fourth-order valence-corrected chi connectivity index (χ4v) is 10.4. The molecule has 16 nitrogen and oxygen atoms in total. The molecule has 4 saturated heterocycles. The van der Waals surface area contributed by atoms with Gasteiger partial charge in [-0.1, -0.05) is 13.0 Å². The summed E-state index contributed by atoms with van der Waals surface area (Å²) in [5.74, 6) is -0.862. The van der Waals surface area contributed by atoms with Crippen molar-refractivity contribution in [2.24, 2.45) is 5.41 Å². The van der Waals surface area contributed by atoms with Crippen molar-refractivity contribution >= 4 is 40.7 Å². The van der Waals surface area contributed by atoms with Gasteiger partial charge in [0.2, 0.25) is 23.6 Å². The van der Waals surface area contributed by atoms with Crippen molar-refractivity contribution in [2.45, 2.75) is 102 Å². The number of rotatable bonds is 12. The highest BCUT2D eigenvalue weighted by Gasteiger charge is 2.44. The average molecular weight is 965 g/mol. The number of halogens is 4. The maximum absolute atomic E-state index is 15.3. The van der Waals surface area contributed by atoms with E-state index in [0.29, 0.717) is 99.6 Å². The Morgan fingerprint density at radius 3 is 2.33 bits per heavy atom. The van der Waals surface area contributed by atoms with Crippen LogP contribution >= 0.6 is 0 Å². The van der Waals surface area contributed by atoms with Crippen molar-refractivity contribution in [3.63, 3.8) is 0 Å². The molecule has 2 atom stereocenters. The third kappa shape index (κ3) is 10.1. The minimum absolute atomic E-state index is 0.0165. The van der Waals surface area contributed by atoms with E-state index in [1.165, 1.54) is 12.3 Å². The number of carbonyl (C=O) groups excluding carboxylic acids is 4. The lowest BCUT2D eigenvalue weighted by molar-refractivity contribution is -0.162. The molecule has 4 fully saturated rings. The van der Waals surface area contributed by atoms with E-state index in [4.69, 9.17) is 10.1 Å². The fourth-order valence-electron chi connectivity index (χ4n) is 10.4. The van der Waals surface area contributed by atoms with Crippen LogP contribution in [0.4, 0.5) is 29.1 Å². The third-order valence-corrected chi connectivity index (χ3v) is 14.9. The molecule has 4 aliphatic heterocycles. The summed E-state index contributed by atoms with van der Waals surface area (Å²) in [4.78, 5) is 61.1. The van der Waals surface area contributed by atoms with E-state index in [9.17, 15) is 37.6 Å². The molecule has 4 aromatic heterocycles. The van der Waals surface area contributed by atoms with Crippen LogP contribution in [0.3, 0.4) is 0 Å². The van der Waals surface area contributed by atoms with Crippen molar-refractivity contribution in [3.05, 3.63) is 84.3 Å². The van der Waals surface area contributed by atoms with Crippen molar-refractivity contribution in [1.29, 1.82) is 5.26 Å². The molecule has 0 bridgehead atoms. The summed E-state index contributed by atoms with van der Waals surface area (Å²) < 4.78 is 58.6. The van der Waals surface area contributed by atoms with Crippen LogP contribution in [-0.2, 0) is 19.2 Å². The second-order valence-corrected chi connectivity index (χ2v) is 19.1. The number of nitrogens with one attached hydrogen (secondary N) is 3. The predicted octanol–water partition coefficient (Wildman–Crippen LogP) is 6.59. The van der Waals surface area contributed by atoms with Gasteiger partial charge >= 0.3 is 6.18 Å². The molecule has 3 N–H and O–H groups in total. The first-order valence-electron chi connectivity index (χ1n) is 24.1. The van der Waals surface area contributed by atoms with Crippen LogP contribution in [-0.4, -0.2) is 122 Å². The molecule has 0 aliphatic carbocycles. The van der Waals surface area contributed by atoms with E-state index in [2.05, 4.69) is 32.0 Å². The highest BCUT2D eigenvalue weighted by atomic mass is 19.4. The Labute approximate surface area is 402 Å². The number of hydrogen-bond donors (Lipinski definition) is 3. The summed E-state index contributed by atoms with van der Waals surface area (Å²) >= 11 is 0. The molecule has 0 spiro atoms. The summed E-state index contributed by atoms with van der Waals surface area (Å²) in [5, 5.41) is 26.8. The molecule has 0 saturated carbocycles. The number of amides is 4. The van der Waals surface area contributed by atoms with Gasteiger partial charge in [0.05, 0.1) is 41.5 Å². The minimum Gasteiger partial charge on any atom is -0.374 e. The Kier molecular flexibility index (Phi) is 13.7. The van der Waals surface area contributed by atoms with Gasteiger partial charge in [0.1, 0.15) is 29.8 Å². The van der Waals surface area contributed by atoms with Crippen LogP contribution in [0, 0.1) is 22.6 Å². The second-order valence-electron chi connectivity index (χ2n) is 19.1. The zero-order chi connectivity index (χ0) is 49.3. The molecule has 1 aromatic carbocycles. The maximum atomic E-state index is 15.3. The highest BCUT2D eigenvalue weighted by Crippen LogP contribution is 2.39. The molecule has 0 radical (unpaired) electrons. The lowest BCUT2D eigenvalue weighted by Crippen LogP contribution is -2.53. The number of imide groups is 1. The normalized spacial score (nSPS) is 20.0. The molecular weight excluding hydrogens is 909 g/mol. The number of pyridine rings is 2. The van der Waals surface area contributed by atoms with Gasteiger partial charge in [-0.2, -0.15) is 28.6 Å². The van der Waals surface area contributed by atoms with Gasteiger partial charge in [-0.25, -0.2) is 13.9 Å². The van der Waals surface area contributed by atoms with Crippen molar-refractivity contribution in [1.82, 2.24) is 44.8 Å². The summed E-state index contributed by atoms with van der Waals surface area (Å²) in [6.07, 6.45) is 9.09. The molecule has 4 aliphatic rings. The van der Waals surface area contributed by atoms with Crippen molar-refractivity contribution < 1.29 is 36.7 Å². The average Bonchev–Trinajstić information content (AvgIpc) is 4.03. The zero-order valence-corrected chi connectivity index (χ0v) is 39.1. The standard InChI is InChI=1S/C50H56F4N12O4/c1-3-49(48(70)59-31(2)50(52,53)54)14-20-63(21-15-49)43-8-4-33(25-56-43)40-22-34(28-66-46(40)35(24-55)26-58-66)36-27-57-65(29-36)38-12-18-64(19-13-38)45(68)30-62-16-10-32(11-17-62)39-6-5-37(23-41(39)51)60-42-7-9-44(67)61-47(42)69/h4-6,8,22-23,25-29,31-32,38,42,60H,3,7,9-21,30H2,1-2H3,(H,59,70)(H,61,67,69)/t31-,42?/m1/s1. The second kappa shape index (κ2) is 19.9. The number of aromatic nitrogens is 5. The molecular formula is C50H56F4N12O4. The van der Waals surface area contributed by atoms with Crippen LogP contribution in [0.5, 0.6) is 0 Å². The van der Waals surface area contributed by atoms with Crippen molar-refractivity contribution in [2.75, 3.05) is 56.0 Å². The molecule has 8 heterocycles. The number of carbonyl (C=O) groups is 4. The van der Waals surface area contributed by atoms with Crippen LogP contribution in [0.1, 0.15) is 94.7 Å². The lowest BCUT2D eigenvalue weighted by Gasteiger charge is -2.41. The van der Waals surface area contributed by atoms with Crippen LogP contribution < -0.4 is 20.9 Å². The number of likely N-dealkylation sites (tertiary alicyclic amines) is 2. The van der Waals surface area contributed by atoms with Crippen molar-refractivity contribution in [3.8, 4) is 28.3 Å². The Morgan fingerprint density at radius 1 is 0.914 bits per heavy atom. The number of hydrogen-bond acceptors (Lipinski definition) is 11. The summed E-state index contributed by atoms with van der Waals surface area (Å²) in [5.41, 5.74) is 4.42. The molecule has 20 heteroatoms. The van der Waals surface area contributed by atoms with E-state index >= 15 is 4.39 Å². The molecule has 4 amide bonds. The lowest BCUT2D eigenvalue weighted by atomic mass is 9.75. The van der Waals surface area contributed by atoms with Gasteiger partial charge in [0.25, 0.3) is 0 Å². The number of alkyl halides is 3. The molecule has 70 heavy (non-hydrogen) atoms. The summed E-state index contributed by atoms with van der Waals surface area (Å²) in [6.45, 7) is 6.53. The first-order chi connectivity index (χ1) is 33.6. The van der Waals surface area contributed by atoms with Gasteiger partial charge in [-0.15, -0.1) is 0 Å². The van der Waals surface area contributed by atoms with Crippen LogP contribution in [0.15, 0.2) is 67.4 Å². The predicted molar refractivity (Wildman–Crippen MR) is 252 cm³/mol. The van der Waals surface area contributed by atoms with Gasteiger partial charge in [-0.3, -0.25) is 34.1 Å². The smallest absolute Gasteiger partial charge is 0.374 e. The van der Waals surface area contributed by atoms with Gasteiger partial charge in [0.15, 0.2) is 0 Å². The van der Waals surface area contributed by atoms with E-state index in [0.717, 1.165) is 54.9 Å².